The Morgan fingerprint density at radius 3 is 2.46 bits per heavy atom. The van der Waals surface area contributed by atoms with E-state index < -0.39 is 38.0 Å². The van der Waals surface area contributed by atoms with Crippen LogP contribution in [0.15, 0.2) is 65.6 Å². The summed E-state index contributed by atoms with van der Waals surface area (Å²) in [5.41, 5.74) is 0.352. The summed E-state index contributed by atoms with van der Waals surface area (Å²) in [6.45, 7) is 0.995. The van der Waals surface area contributed by atoms with Crippen LogP contribution < -0.4 is 19.1 Å². The van der Waals surface area contributed by atoms with Gasteiger partial charge in [-0.15, -0.1) is 0 Å². The first-order valence-electron chi connectivity index (χ1n) is 10.1. The Balaban J connectivity index is 2.12. The minimum Gasteiger partial charge on any atom is -0.497 e. The third-order valence-corrected chi connectivity index (χ3v) is 7.33. The molecule has 1 N–H and O–H groups in total. The minimum atomic E-state index is -4.60. The summed E-state index contributed by atoms with van der Waals surface area (Å²) in [7, 11) is -1.85. The van der Waals surface area contributed by atoms with Crippen LogP contribution in [0.4, 0.5) is 17.1 Å². The van der Waals surface area contributed by atoms with Crippen LogP contribution in [-0.4, -0.2) is 40.0 Å². The zero-order valence-electron chi connectivity index (χ0n) is 19.0. The number of carbonyl (C=O) groups is 1. The predicted octanol–water partition coefficient (Wildman–Crippen LogP) is 4.41. The van der Waals surface area contributed by atoms with Crippen LogP contribution in [0.2, 0.25) is 5.02 Å². The van der Waals surface area contributed by atoms with Crippen molar-refractivity contribution in [2.75, 3.05) is 30.4 Å². The molecule has 0 saturated heterocycles. The zero-order chi connectivity index (χ0) is 25.8. The first-order valence-corrected chi connectivity index (χ1v) is 11.9. The summed E-state index contributed by atoms with van der Waals surface area (Å²) >= 11 is 6.12. The van der Waals surface area contributed by atoms with Crippen molar-refractivity contribution in [2.24, 2.45) is 0 Å². The molecule has 0 unspecified atom stereocenters. The summed E-state index contributed by atoms with van der Waals surface area (Å²) in [4.78, 5) is 23.2. The molecule has 0 atom stereocenters. The van der Waals surface area contributed by atoms with Crippen LogP contribution in [0.3, 0.4) is 0 Å². The highest BCUT2D eigenvalue weighted by Crippen LogP contribution is 2.37. The first-order chi connectivity index (χ1) is 16.6. The molecule has 3 aromatic rings. The number of rotatable bonds is 9. The van der Waals surface area contributed by atoms with Crippen LogP contribution in [-0.2, 0) is 14.8 Å². The van der Waals surface area contributed by atoms with Crippen molar-refractivity contribution in [3.8, 4) is 11.5 Å². The van der Waals surface area contributed by atoms with E-state index in [1.807, 2.05) is 0 Å². The van der Waals surface area contributed by atoms with Gasteiger partial charge in [0.15, 0.2) is 4.90 Å². The van der Waals surface area contributed by atoms with Crippen molar-refractivity contribution < 1.29 is 27.6 Å². The summed E-state index contributed by atoms with van der Waals surface area (Å²) in [6, 6.07) is 14.1. The highest BCUT2D eigenvalue weighted by molar-refractivity contribution is 7.93. The lowest BCUT2D eigenvalue weighted by Gasteiger charge is -2.26. The highest BCUT2D eigenvalue weighted by Gasteiger charge is 2.34. The Morgan fingerprint density at radius 1 is 1.09 bits per heavy atom. The Labute approximate surface area is 207 Å². The smallest absolute Gasteiger partial charge is 0.289 e. The largest absolute Gasteiger partial charge is 0.497 e. The van der Waals surface area contributed by atoms with E-state index in [9.17, 15) is 23.3 Å². The van der Waals surface area contributed by atoms with Crippen molar-refractivity contribution in [3.63, 3.8) is 0 Å². The van der Waals surface area contributed by atoms with E-state index in [0.29, 0.717) is 22.0 Å². The van der Waals surface area contributed by atoms with Crippen LogP contribution in [0, 0.1) is 17.0 Å². The van der Waals surface area contributed by atoms with Crippen molar-refractivity contribution in [2.45, 2.75) is 11.8 Å². The maximum Gasteiger partial charge on any atom is 0.289 e. The maximum atomic E-state index is 13.7. The minimum absolute atomic E-state index is 0.00980. The number of benzene rings is 3. The number of nitro groups is 1. The van der Waals surface area contributed by atoms with Gasteiger partial charge in [0.2, 0.25) is 5.91 Å². The SMILES string of the molecule is COc1ccc(N(CC(=O)Nc2cccc(Cl)c2C)S(=O)(=O)c2ccccc2[N+](=O)[O-])c(OC)c1. The van der Waals surface area contributed by atoms with Gasteiger partial charge < -0.3 is 14.8 Å². The van der Waals surface area contributed by atoms with Gasteiger partial charge in [-0.2, -0.15) is 0 Å². The number of para-hydroxylation sites is 1. The molecule has 35 heavy (non-hydrogen) atoms. The number of amides is 1. The Kier molecular flexibility index (Phi) is 7.82. The molecule has 3 rings (SSSR count). The van der Waals surface area contributed by atoms with E-state index in [4.69, 9.17) is 21.1 Å². The number of nitrogens with zero attached hydrogens (tertiary/aromatic N) is 2. The van der Waals surface area contributed by atoms with E-state index >= 15 is 0 Å². The van der Waals surface area contributed by atoms with E-state index in [0.717, 1.165) is 16.4 Å². The summed E-state index contributed by atoms with van der Waals surface area (Å²) in [5, 5.41) is 14.6. The van der Waals surface area contributed by atoms with Gasteiger partial charge in [0, 0.05) is 22.8 Å². The maximum absolute atomic E-state index is 13.7. The van der Waals surface area contributed by atoms with Gasteiger partial charge in [0.25, 0.3) is 15.7 Å². The number of halogens is 1. The number of nitro benzene ring substituents is 1. The number of sulfonamides is 1. The van der Waals surface area contributed by atoms with Crippen LogP contribution in [0.5, 0.6) is 11.5 Å². The first kappa shape index (κ1) is 25.8. The monoisotopic (exact) mass is 519 g/mol. The van der Waals surface area contributed by atoms with Gasteiger partial charge >= 0.3 is 0 Å². The van der Waals surface area contributed by atoms with Crippen LogP contribution in [0.25, 0.3) is 0 Å². The van der Waals surface area contributed by atoms with Crippen molar-refractivity contribution in [3.05, 3.63) is 81.4 Å². The molecule has 0 spiro atoms. The second-order valence-corrected chi connectivity index (χ2v) is 9.47. The number of carbonyl (C=O) groups excluding carboxylic acids is 1. The van der Waals surface area contributed by atoms with E-state index in [2.05, 4.69) is 5.32 Å². The predicted molar refractivity (Wildman–Crippen MR) is 132 cm³/mol. The standard InChI is InChI=1S/C23H22ClN3O7S/c1-15-17(24)7-6-8-18(15)25-23(28)14-26(19-12-11-16(33-2)13-21(19)34-3)35(31,32)22-10-5-4-9-20(22)27(29)30/h4-13H,14H2,1-3H3,(H,25,28). The lowest BCUT2D eigenvalue weighted by molar-refractivity contribution is -0.387. The Bertz CT molecular complexity index is 1380. The molecule has 0 fully saturated rings. The molecule has 10 nitrogen and oxygen atoms in total. The molecule has 12 heteroatoms. The van der Waals surface area contributed by atoms with Gasteiger partial charge in [-0.25, -0.2) is 8.42 Å². The molecule has 0 aromatic heterocycles. The van der Waals surface area contributed by atoms with E-state index in [1.54, 1.807) is 25.1 Å². The van der Waals surface area contributed by atoms with E-state index in [-0.39, 0.29) is 11.4 Å². The molecular weight excluding hydrogens is 498 g/mol. The van der Waals surface area contributed by atoms with Crippen LogP contribution in [0.1, 0.15) is 5.56 Å². The quantitative estimate of drug-likeness (QED) is 0.327. The molecule has 0 bridgehead atoms. The van der Waals surface area contributed by atoms with Gasteiger partial charge in [0.05, 0.1) is 24.8 Å². The van der Waals surface area contributed by atoms with Gasteiger partial charge in [-0.05, 0) is 42.8 Å². The molecule has 0 aliphatic rings. The lowest BCUT2D eigenvalue weighted by Crippen LogP contribution is -2.38. The molecule has 0 aliphatic heterocycles. The van der Waals surface area contributed by atoms with Crippen LogP contribution >= 0.6 is 11.6 Å². The number of nitrogens with one attached hydrogen (secondary N) is 1. The topological polar surface area (TPSA) is 128 Å². The molecule has 3 aromatic carbocycles. The average molecular weight is 520 g/mol. The highest BCUT2D eigenvalue weighted by atomic mass is 35.5. The Morgan fingerprint density at radius 2 is 1.80 bits per heavy atom. The summed E-state index contributed by atoms with van der Waals surface area (Å²) in [5.74, 6) is -0.235. The number of anilines is 2. The number of ether oxygens (including phenoxy) is 2. The summed E-state index contributed by atoms with van der Waals surface area (Å²) in [6.07, 6.45) is 0. The molecule has 0 heterocycles. The third-order valence-electron chi connectivity index (χ3n) is 5.11. The molecule has 1 amide bonds. The molecule has 0 aliphatic carbocycles. The fourth-order valence-corrected chi connectivity index (χ4v) is 5.06. The van der Waals surface area contributed by atoms with Crippen molar-refractivity contribution in [1.29, 1.82) is 0 Å². The molecule has 184 valence electrons. The van der Waals surface area contributed by atoms with Gasteiger partial charge in [-0.1, -0.05) is 29.8 Å². The number of hydrogen-bond acceptors (Lipinski definition) is 7. The second kappa shape index (κ2) is 10.6. The number of methoxy groups -OCH3 is 2. The summed E-state index contributed by atoms with van der Waals surface area (Å²) < 4.78 is 38.7. The average Bonchev–Trinajstić information content (AvgIpc) is 2.85. The van der Waals surface area contributed by atoms with Crippen molar-refractivity contribution >= 4 is 44.6 Å². The van der Waals surface area contributed by atoms with Gasteiger partial charge in [0.1, 0.15) is 18.0 Å². The van der Waals surface area contributed by atoms with E-state index in [1.165, 1.54) is 44.6 Å². The molecule has 0 saturated carbocycles. The fourth-order valence-electron chi connectivity index (χ4n) is 3.30. The molecular formula is C23H22ClN3O7S. The normalized spacial score (nSPS) is 11.0. The number of hydrogen-bond donors (Lipinski definition) is 1. The third kappa shape index (κ3) is 5.47. The Hall–Kier alpha value is -3.83. The zero-order valence-corrected chi connectivity index (χ0v) is 20.6. The second-order valence-electron chi connectivity index (χ2n) is 7.23. The van der Waals surface area contributed by atoms with Crippen molar-refractivity contribution in [1.82, 2.24) is 0 Å². The lowest BCUT2D eigenvalue weighted by atomic mass is 10.2. The fraction of sp³-hybridized carbons (Fsp3) is 0.174. The molecule has 0 radical (unpaired) electrons. The van der Waals surface area contributed by atoms with Gasteiger partial charge in [-0.3, -0.25) is 19.2 Å².